The molecule has 0 aromatic carbocycles. The summed E-state index contributed by atoms with van der Waals surface area (Å²) in [7, 11) is 0. The molecule has 54 valence electrons. The summed E-state index contributed by atoms with van der Waals surface area (Å²) in [6.45, 7) is 4.08. The van der Waals surface area contributed by atoms with E-state index in [1.807, 2.05) is 13.8 Å². The van der Waals surface area contributed by atoms with Crippen molar-refractivity contribution < 1.29 is 4.79 Å². The maximum atomic E-state index is 10.8. The number of carbonyl (C=O) groups excluding carboxylic acids is 1. The molecule has 1 nitrogen and oxygen atoms in total. The largest absolute Gasteiger partial charge is 0.287 e. The number of hydrogen-bond acceptors (Lipinski definition) is 3. The van der Waals surface area contributed by atoms with E-state index in [2.05, 4.69) is 12.6 Å². The minimum Gasteiger partial charge on any atom is -0.287 e. The first-order valence-corrected chi connectivity index (χ1v) is 4.55. The second-order valence-corrected chi connectivity index (χ2v) is 4.02. The second-order valence-electron chi connectivity index (χ2n) is 2.24. The lowest BCUT2D eigenvalue weighted by atomic mass is 10.2. The second kappa shape index (κ2) is 5.18. The molecular weight excluding hydrogens is 152 g/mol. The molecule has 0 N–H and O–H groups in total. The lowest BCUT2D eigenvalue weighted by Crippen LogP contribution is -1.97. The summed E-state index contributed by atoms with van der Waals surface area (Å²) < 4.78 is 0. The molecule has 0 aliphatic carbocycles. The molecule has 0 rings (SSSR count). The molecule has 0 heterocycles. The third-order valence-electron chi connectivity index (χ3n) is 0.800. The average molecular weight is 164 g/mol. The lowest BCUT2D eigenvalue weighted by molar-refractivity contribution is -0.111. The van der Waals surface area contributed by atoms with Crippen molar-refractivity contribution in [2.45, 2.75) is 20.3 Å². The quantitative estimate of drug-likeness (QED) is 0.508. The number of thiol groups is 1. The van der Waals surface area contributed by atoms with Gasteiger partial charge in [-0.3, -0.25) is 4.79 Å². The van der Waals surface area contributed by atoms with Crippen LogP contribution in [0.4, 0.5) is 0 Å². The van der Waals surface area contributed by atoms with Crippen molar-refractivity contribution >= 4 is 29.5 Å². The predicted molar refractivity (Wildman–Crippen MR) is 45.9 cm³/mol. The Morgan fingerprint density at radius 3 is 2.56 bits per heavy atom. The van der Waals surface area contributed by atoms with E-state index >= 15 is 0 Å². The van der Waals surface area contributed by atoms with Gasteiger partial charge in [0.2, 0.25) is 0 Å². The monoisotopic (exact) mass is 164 g/mol. The van der Waals surface area contributed by atoms with Crippen LogP contribution in [0, 0.1) is 5.92 Å². The molecule has 0 aliphatic heterocycles. The van der Waals surface area contributed by atoms with Gasteiger partial charge in [0.1, 0.15) is 0 Å². The molecule has 0 saturated heterocycles. The molecule has 0 aromatic rings. The van der Waals surface area contributed by atoms with Crippen molar-refractivity contribution in [1.29, 1.82) is 0 Å². The minimum atomic E-state index is 0.250. The fourth-order valence-corrected chi connectivity index (χ4v) is 1.49. The summed E-state index contributed by atoms with van der Waals surface area (Å²) >= 11 is 5.21. The fraction of sp³-hybridized carbons (Fsp3) is 0.833. The third kappa shape index (κ3) is 6.25. The van der Waals surface area contributed by atoms with E-state index in [1.54, 1.807) is 0 Å². The van der Waals surface area contributed by atoms with Gasteiger partial charge in [0, 0.05) is 11.5 Å². The molecule has 0 radical (unpaired) electrons. The van der Waals surface area contributed by atoms with E-state index in [0.29, 0.717) is 17.4 Å². The first-order chi connectivity index (χ1) is 4.16. The zero-order valence-corrected chi connectivity index (χ0v) is 7.47. The molecule has 0 aliphatic rings. The van der Waals surface area contributed by atoms with Crippen LogP contribution in [0.3, 0.4) is 0 Å². The first-order valence-electron chi connectivity index (χ1n) is 2.93. The fourth-order valence-electron chi connectivity index (χ4n) is 0.464. The Kier molecular flexibility index (Phi) is 5.39. The van der Waals surface area contributed by atoms with Crippen LogP contribution in [0.1, 0.15) is 20.3 Å². The van der Waals surface area contributed by atoms with Crippen molar-refractivity contribution in [1.82, 2.24) is 0 Å². The zero-order chi connectivity index (χ0) is 7.28. The van der Waals surface area contributed by atoms with Crippen molar-refractivity contribution in [3.63, 3.8) is 0 Å². The summed E-state index contributed by atoms with van der Waals surface area (Å²) in [5, 5.41) is 0.853. The highest BCUT2D eigenvalue weighted by Crippen LogP contribution is 2.11. The molecule has 0 amide bonds. The Bertz CT molecular complexity index is 91.1. The molecule has 0 fully saturated rings. The number of carbonyl (C=O) groups is 1. The van der Waals surface area contributed by atoms with Gasteiger partial charge in [0.05, 0.1) is 0 Å². The van der Waals surface area contributed by atoms with E-state index < -0.39 is 0 Å². The summed E-state index contributed by atoms with van der Waals surface area (Å²) in [6, 6.07) is 0. The topological polar surface area (TPSA) is 17.1 Å². The van der Waals surface area contributed by atoms with Gasteiger partial charge in [-0.2, -0.15) is 12.6 Å². The van der Waals surface area contributed by atoms with Crippen LogP contribution in [0.5, 0.6) is 0 Å². The van der Waals surface area contributed by atoms with Crippen LogP contribution >= 0.6 is 24.4 Å². The highest BCUT2D eigenvalue weighted by Gasteiger charge is 2.02. The average Bonchev–Trinajstić information content (AvgIpc) is 1.63. The van der Waals surface area contributed by atoms with Gasteiger partial charge in [-0.1, -0.05) is 25.6 Å². The smallest absolute Gasteiger partial charge is 0.189 e. The summed E-state index contributed by atoms with van der Waals surface area (Å²) in [5.74, 6) is 0.477. The maximum Gasteiger partial charge on any atom is 0.189 e. The van der Waals surface area contributed by atoms with Gasteiger partial charge in [-0.15, -0.1) is 0 Å². The highest BCUT2D eigenvalue weighted by molar-refractivity contribution is 8.20. The van der Waals surface area contributed by atoms with E-state index in [-0.39, 0.29) is 5.12 Å². The summed E-state index contributed by atoms with van der Waals surface area (Å²) in [4.78, 5) is 10.8. The van der Waals surface area contributed by atoms with Crippen LogP contribution in [0.25, 0.3) is 0 Å². The maximum absolute atomic E-state index is 10.8. The Morgan fingerprint density at radius 2 is 2.22 bits per heavy atom. The van der Waals surface area contributed by atoms with Crippen LogP contribution in [0.15, 0.2) is 0 Å². The molecular formula is C6H12OS2. The Balaban J connectivity index is 3.27. The number of hydrogen-bond donors (Lipinski definition) is 1. The zero-order valence-electron chi connectivity index (χ0n) is 5.76. The van der Waals surface area contributed by atoms with Gasteiger partial charge >= 0.3 is 0 Å². The molecule has 3 heteroatoms. The summed E-state index contributed by atoms with van der Waals surface area (Å²) in [6.07, 6.45) is 0.672. The lowest BCUT2D eigenvalue weighted by Gasteiger charge is -1.99. The molecule has 0 spiro atoms. The molecule has 9 heavy (non-hydrogen) atoms. The van der Waals surface area contributed by atoms with Crippen LogP contribution in [-0.2, 0) is 4.79 Å². The van der Waals surface area contributed by atoms with Crippen molar-refractivity contribution in [2.24, 2.45) is 5.92 Å². The van der Waals surface area contributed by atoms with Gasteiger partial charge in [0.25, 0.3) is 0 Å². The van der Waals surface area contributed by atoms with Gasteiger partial charge < -0.3 is 0 Å². The SMILES string of the molecule is CC(C)CC(=O)SCS. The molecule has 0 aromatic heterocycles. The van der Waals surface area contributed by atoms with E-state index in [9.17, 15) is 4.79 Å². The van der Waals surface area contributed by atoms with Gasteiger partial charge in [0.15, 0.2) is 5.12 Å². The molecule has 0 bridgehead atoms. The molecule has 0 atom stereocenters. The molecule has 0 unspecified atom stereocenters. The van der Waals surface area contributed by atoms with Gasteiger partial charge in [-0.25, -0.2) is 0 Å². The van der Waals surface area contributed by atoms with Crippen molar-refractivity contribution in [3.05, 3.63) is 0 Å². The number of thioether (sulfide) groups is 1. The number of rotatable bonds is 3. The van der Waals surface area contributed by atoms with Crippen LogP contribution in [0.2, 0.25) is 0 Å². The highest BCUT2D eigenvalue weighted by atomic mass is 32.2. The Morgan fingerprint density at radius 1 is 1.67 bits per heavy atom. The summed E-state index contributed by atoms with van der Waals surface area (Å²) in [5.41, 5.74) is 0. The standard InChI is InChI=1S/C6H12OS2/c1-5(2)3-6(7)9-4-8/h5,8H,3-4H2,1-2H3. The Hall–Kier alpha value is 0.370. The molecule has 0 saturated carbocycles. The van der Waals surface area contributed by atoms with Crippen LogP contribution < -0.4 is 0 Å². The minimum absolute atomic E-state index is 0.250. The van der Waals surface area contributed by atoms with Crippen molar-refractivity contribution in [3.8, 4) is 0 Å². The van der Waals surface area contributed by atoms with E-state index in [0.717, 1.165) is 0 Å². The first kappa shape index (κ1) is 9.37. The van der Waals surface area contributed by atoms with Crippen molar-refractivity contribution in [2.75, 3.05) is 5.08 Å². The predicted octanol–water partition coefficient (Wildman–Crippen LogP) is 2.18. The van der Waals surface area contributed by atoms with Gasteiger partial charge in [-0.05, 0) is 5.92 Å². The third-order valence-corrected chi connectivity index (χ3v) is 1.81. The van der Waals surface area contributed by atoms with E-state index in [1.165, 1.54) is 11.8 Å². The van der Waals surface area contributed by atoms with Crippen LogP contribution in [-0.4, -0.2) is 10.2 Å². The normalized spacial score (nSPS) is 10.2. The van der Waals surface area contributed by atoms with E-state index in [4.69, 9.17) is 0 Å². The Labute approximate surface area is 66.0 Å².